The van der Waals surface area contributed by atoms with Crippen LogP contribution < -0.4 is 5.32 Å². The van der Waals surface area contributed by atoms with E-state index in [-0.39, 0.29) is 5.75 Å². The van der Waals surface area contributed by atoms with E-state index < -0.39 is 21.5 Å². The van der Waals surface area contributed by atoms with E-state index >= 15 is 0 Å². The lowest BCUT2D eigenvalue weighted by molar-refractivity contribution is -0.118. The molecule has 6 nitrogen and oxygen atoms in total. The van der Waals surface area contributed by atoms with E-state index in [1.165, 1.54) is 0 Å². The largest absolute Gasteiger partial charge is 0.441 e. The second kappa shape index (κ2) is 9.45. The molecule has 0 spiro atoms. The SMILES string of the molecule is Cc1ccccc1-c1nc(CS(=O)(=O)CC(=O)NCCc2ccc(Cl)cc2)c(C)o1. The van der Waals surface area contributed by atoms with E-state index in [1.807, 2.05) is 43.3 Å². The first-order chi connectivity index (χ1) is 14.2. The third kappa shape index (κ3) is 5.93. The average Bonchev–Trinajstić information content (AvgIpc) is 3.02. The van der Waals surface area contributed by atoms with Crippen molar-refractivity contribution in [3.8, 4) is 11.5 Å². The summed E-state index contributed by atoms with van der Waals surface area (Å²) in [5, 5.41) is 3.29. The molecule has 1 N–H and O–H groups in total. The van der Waals surface area contributed by atoms with Gasteiger partial charge in [-0.05, 0) is 49.6 Å². The van der Waals surface area contributed by atoms with Crippen LogP contribution >= 0.6 is 11.6 Å². The Morgan fingerprint density at radius 3 is 2.50 bits per heavy atom. The molecule has 0 saturated heterocycles. The van der Waals surface area contributed by atoms with Gasteiger partial charge in [0.15, 0.2) is 9.84 Å². The lowest BCUT2D eigenvalue weighted by Crippen LogP contribution is -2.32. The van der Waals surface area contributed by atoms with Crippen LogP contribution in [0.2, 0.25) is 5.02 Å². The predicted molar refractivity (Wildman–Crippen MR) is 117 cm³/mol. The predicted octanol–water partition coefficient (Wildman–Crippen LogP) is 3.89. The second-order valence-electron chi connectivity index (χ2n) is 7.10. The number of nitrogens with zero attached hydrogens (tertiary/aromatic N) is 1. The molecule has 0 unspecified atom stereocenters. The molecule has 2 aromatic carbocycles. The summed E-state index contributed by atoms with van der Waals surface area (Å²) in [4.78, 5) is 16.4. The second-order valence-corrected chi connectivity index (χ2v) is 9.60. The van der Waals surface area contributed by atoms with Gasteiger partial charge >= 0.3 is 0 Å². The van der Waals surface area contributed by atoms with Crippen LogP contribution in [-0.4, -0.2) is 31.6 Å². The Hall–Kier alpha value is -2.64. The van der Waals surface area contributed by atoms with Gasteiger partial charge in [-0.1, -0.05) is 41.9 Å². The van der Waals surface area contributed by atoms with Crippen LogP contribution in [0.15, 0.2) is 52.9 Å². The number of sulfone groups is 1. The van der Waals surface area contributed by atoms with Crippen molar-refractivity contribution in [1.82, 2.24) is 10.3 Å². The lowest BCUT2D eigenvalue weighted by atomic mass is 10.1. The minimum absolute atomic E-state index is 0.321. The number of rotatable bonds is 8. The first-order valence-electron chi connectivity index (χ1n) is 9.47. The molecule has 3 aromatic rings. The van der Waals surface area contributed by atoms with Crippen molar-refractivity contribution in [3.05, 3.63) is 76.1 Å². The number of carbonyl (C=O) groups is 1. The zero-order valence-corrected chi connectivity index (χ0v) is 18.4. The molecule has 3 rings (SSSR count). The molecule has 8 heteroatoms. The third-order valence-electron chi connectivity index (χ3n) is 4.62. The summed E-state index contributed by atoms with van der Waals surface area (Å²) in [6.07, 6.45) is 0.588. The number of hydrogen-bond acceptors (Lipinski definition) is 5. The highest BCUT2D eigenvalue weighted by Crippen LogP contribution is 2.25. The molecular weight excluding hydrogens is 424 g/mol. The van der Waals surface area contributed by atoms with Gasteiger partial charge in [0.1, 0.15) is 11.5 Å². The summed E-state index contributed by atoms with van der Waals surface area (Å²) in [6.45, 7) is 3.95. The number of carbonyl (C=O) groups excluding carboxylic acids is 1. The van der Waals surface area contributed by atoms with Gasteiger partial charge < -0.3 is 9.73 Å². The van der Waals surface area contributed by atoms with Crippen LogP contribution in [0.1, 0.15) is 22.6 Å². The Morgan fingerprint density at radius 2 is 1.80 bits per heavy atom. The van der Waals surface area contributed by atoms with Crippen LogP contribution in [0, 0.1) is 13.8 Å². The fourth-order valence-corrected chi connectivity index (χ4v) is 4.41. The van der Waals surface area contributed by atoms with Gasteiger partial charge in [0.05, 0.1) is 11.4 Å². The number of benzene rings is 2. The molecule has 1 aromatic heterocycles. The summed E-state index contributed by atoms with van der Waals surface area (Å²) in [7, 11) is -3.69. The third-order valence-corrected chi connectivity index (χ3v) is 6.29. The number of aromatic nitrogens is 1. The van der Waals surface area contributed by atoms with E-state index in [0.717, 1.165) is 16.7 Å². The number of aryl methyl sites for hydroxylation is 2. The summed E-state index contributed by atoms with van der Waals surface area (Å²) in [5.41, 5.74) is 3.11. The Balaban J connectivity index is 1.57. The van der Waals surface area contributed by atoms with Crippen molar-refractivity contribution in [3.63, 3.8) is 0 Å². The van der Waals surface area contributed by atoms with E-state index in [0.29, 0.717) is 35.3 Å². The van der Waals surface area contributed by atoms with Crippen LogP contribution in [0.5, 0.6) is 0 Å². The fraction of sp³-hybridized carbons (Fsp3) is 0.273. The minimum Gasteiger partial charge on any atom is -0.441 e. The molecule has 0 aliphatic rings. The van der Waals surface area contributed by atoms with Crippen LogP contribution in [-0.2, 0) is 26.8 Å². The maximum atomic E-state index is 12.5. The zero-order valence-electron chi connectivity index (χ0n) is 16.8. The molecule has 0 radical (unpaired) electrons. The summed E-state index contributed by atoms with van der Waals surface area (Å²) in [6, 6.07) is 14.9. The van der Waals surface area contributed by atoms with Crippen LogP contribution in [0.4, 0.5) is 0 Å². The van der Waals surface area contributed by atoms with E-state index in [9.17, 15) is 13.2 Å². The normalized spacial score (nSPS) is 11.4. The Kier molecular flexibility index (Phi) is 6.95. The highest BCUT2D eigenvalue weighted by molar-refractivity contribution is 7.91. The zero-order chi connectivity index (χ0) is 21.7. The van der Waals surface area contributed by atoms with Crippen molar-refractivity contribution in [1.29, 1.82) is 0 Å². The number of amides is 1. The molecule has 0 fully saturated rings. The number of oxazole rings is 1. The number of hydrogen-bond donors (Lipinski definition) is 1. The van der Waals surface area contributed by atoms with Crippen molar-refractivity contribution < 1.29 is 17.6 Å². The number of halogens is 1. The number of nitrogens with one attached hydrogen (secondary N) is 1. The molecule has 158 valence electrons. The van der Waals surface area contributed by atoms with E-state index in [1.54, 1.807) is 19.1 Å². The van der Waals surface area contributed by atoms with Gasteiger partial charge in [-0.2, -0.15) is 0 Å². The maximum absolute atomic E-state index is 12.5. The molecule has 0 aliphatic carbocycles. The first kappa shape index (κ1) is 22.1. The highest BCUT2D eigenvalue weighted by Gasteiger charge is 2.22. The minimum atomic E-state index is -3.69. The molecule has 0 atom stereocenters. The Bertz CT molecular complexity index is 1140. The lowest BCUT2D eigenvalue weighted by Gasteiger charge is -2.06. The van der Waals surface area contributed by atoms with Crippen molar-refractivity contribution in [2.24, 2.45) is 0 Å². The molecule has 30 heavy (non-hydrogen) atoms. The molecule has 1 heterocycles. The Morgan fingerprint density at radius 1 is 1.10 bits per heavy atom. The van der Waals surface area contributed by atoms with Crippen LogP contribution in [0.25, 0.3) is 11.5 Å². The van der Waals surface area contributed by atoms with Crippen molar-refractivity contribution in [2.75, 3.05) is 12.3 Å². The monoisotopic (exact) mass is 446 g/mol. The highest BCUT2D eigenvalue weighted by atomic mass is 35.5. The topological polar surface area (TPSA) is 89.3 Å². The fourth-order valence-electron chi connectivity index (χ4n) is 3.00. The summed E-state index contributed by atoms with van der Waals surface area (Å²) < 4.78 is 30.6. The van der Waals surface area contributed by atoms with Gasteiger partial charge in [0, 0.05) is 17.1 Å². The van der Waals surface area contributed by atoms with Crippen molar-refractivity contribution >= 4 is 27.3 Å². The first-order valence-corrected chi connectivity index (χ1v) is 11.7. The van der Waals surface area contributed by atoms with Gasteiger partial charge in [-0.3, -0.25) is 4.79 Å². The summed E-state index contributed by atoms with van der Waals surface area (Å²) in [5.74, 6) is -0.675. The molecule has 0 bridgehead atoms. The quantitative estimate of drug-likeness (QED) is 0.567. The van der Waals surface area contributed by atoms with Gasteiger partial charge in [0.25, 0.3) is 0 Å². The van der Waals surface area contributed by atoms with E-state index in [4.69, 9.17) is 16.0 Å². The van der Waals surface area contributed by atoms with Gasteiger partial charge in [0.2, 0.25) is 11.8 Å². The molecule has 1 amide bonds. The van der Waals surface area contributed by atoms with Crippen LogP contribution in [0.3, 0.4) is 0 Å². The molecule has 0 saturated carbocycles. The van der Waals surface area contributed by atoms with E-state index in [2.05, 4.69) is 10.3 Å². The molecule has 0 aliphatic heterocycles. The maximum Gasteiger partial charge on any atom is 0.235 e. The summed E-state index contributed by atoms with van der Waals surface area (Å²) >= 11 is 5.84. The Labute approximate surface area is 181 Å². The standard InChI is InChI=1S/C22H23ClN2O4S/c1-15-5-3-4-6-19(15)22-25-20(16(2)29-22)13-30(27,28)14-21(26)24-12-11-17-7-9-18(23)10-8-17/h3-10H,11-14H2,1-2H3,(H,24,26). The van der Waals surface area contributed by atoms with Gasteiger partial charge in [-0.15, -0.1) is 0 Å². The molecular formula is C22H23ClN2O4S. The average molecular weight is 447 g/mol. The smallest absolute Gasteiger partial charge is 0.235 e. The van der Waals surface area contributed by atoms with Gasteiger partial charge in [-0.25, -0.2) is 13.4 Å². The van der Waals surface area contributed by atoms with Crippen molar-refractivity contribution in [2.45, 2.75) is 26.0 Å².